The van der Waals surface area contributed by atoms with Crippen LogP contribution in [0.2, 0.25) is 0 Å². The zero-order valence-corrected chi connectivity index (χ0v) is 10.9. The van der Waals surface area contributed by atoms with Crippen molar-refractivity contribution in [3.63, 3.8) is 0 Å². The number of H-pyrrole nitrogens is 1. The molecule has 4 nitrogen and oxygen atoms in total. The van der Waals surface area contributed by atoms with Gasteiger partial charge in [0.15, 0.2) is 9.48 Å². The lowest BCUT2D eigenvalue weighted by molar-refractivity contribution is 0.0257. The highest BCUT2D eigenvalue weighted by atomic mass is 127. The Morgan fingerprint density at radius 1 is 1.35 bits per heavy atom. The van der Waals surface area contributed by atoms with E-state index in [9.17, 15) is 8.78 Å². The molecule has 0 radical (unpaired) electrons. The first-order valence-corrected chi connectivity index (χ1v) is 6.26. The monoisotopic (exact) mass is 350 g/mol. The molecule has 90 valence electrons. The summed E-state index contributed by atoms with van der Waals surface area (Å²) in [4.78, 5) is 13.1. The van der Waals surface area contributed by atoms with Crippen LogP contribution in [-0.4, -0.2) is 34.0 Å². The Bertz CT molecular complexity index is 568. The molecule has 0 bridgehead atoms. The van der Waals surface area contributed by atoms with E-state index in [0.717, 1.165) is 9.35 Å². The van der Waals surface area contributed by atoms with Gasteiger partial charge < -0.3 is 9.88 Å². The predicted octanol–water partition coefficient (Wildman–Crippen LogP) is 2.41. The second kappa shape index (κ2) is 3.76. The van der Waals surface area contributed by atoms with Crippen molar-refractivity contribution >= 4 is 39.6 Å². The molecule has 0 aliphatic carbocycles. The van der Waals surface area contributed by atoms with Crippen molar-refractivity contribution in [3.8, 4) is 0 Å². The Morgan fingerprint density at radius 2 is 2.18 bits per heavy atom. The van der Waals surface area contributed by atoms with E-state index < -0.39 is 5.92 Å². The first kappa shape index (κ1) is 11.1. The summed E-state index contributed by atoms with van der Waals surface area (Å²) in [7, 11) is 0. The standard InChI is InChI=1S/C10H9F2IN4/c11-10(12)3-4-17(5-10)7-2-1-6-8(15-7)16-9(13)14-6/h1-2H,3-5H2,(H,14,15,16). The number of nitrogens with zero attached hydrogens (tertiary/aromatic N) is 3. The molecule has 1 N–H and O–H groups in total. The van der Waals surface area contributed by atoms with Crippen LogP contribution in [0.25, 0.3) is 11.2 Å². The first-order chi connectivity index (χ1) is 8.03. The molecule has 0 saturated carbocycles. The number of halogens is 3. The normalized spacial score (nSPS) is 19.1. The summed E-state index contributed by atoms with van der Waals surface area (Å²) in [6.07, 6.45) is -0.106. The number of fused-ring (bicyclic) bond motifs is 1. The van der Waals surface area contributed by atoms with E-state index in [4.69, 9.17) is 0 Å². The maximum Gasteiger partial charge on any atom is 0.266 e. The zero-order valence-electron chi connectivity index (χ0n) is 8.75. The number of rotatable bonds is 1. The highest BCUT2D eigenvalue weighted by molar-refractivity contribution is 14.1. The van der Waals surface area contributed by atoms with Crippen LogP contribution in [0.3, 0.4) is 0 Å². The van der Waals surface area contributed by atoms with Crippen LogP contribution in [0.15, 0.2) is 12.1 Å². The highest BCUT2D eigenvalue weighted by Gasteiger charge is 2.38. The molecule has 1 aliphatic heterocycles. The van der Waals surface area contributed by atoms with Crippen LogP contribution < -0.4 is 4.90 Å². The Balaban J connectivity index is 1.96. The minimum absolute atomic E-state index is 0.106. The van der Waals surface area contributed by atoms with E-state index in [-0.39, 0.29) is 13.0 Å². The lowest BCUT2D eigenvalue weighted by Crippen LogP contribution is -2.25. The third-order valence-electron chi connectivity index (χ3n) is 2.80. The van der Waals surface area contributed by atoms with Crippen LogP contribution in [0.5, 0.6) is 0 Å². The van der Waals surface area contributed by atoms with Gasteiger partial charge in [0.05, 0.1) is 12.1 Å². The summed E-state index contributed by atoms with van der Waals surface area (Å²) in [5.74, 6) is -2.03. The molecule has 0 aromatic carbocycles. The molecule has 1 saturated heterocycles. The molecule has 1 fully saturated rings. The number of hydrogen-bond acceptors (Lipinski definition) is 3. The predicted molar refractivity (Wildman–Crippen MR) is 68.4 cm³/mol. The Morgan fingerprint density at radius 3 is 2.88 bits per heavy atom. The van der Waals surface area contributed by atoms with E-state index >= 15 is 0 Å². The van der Waals surface area contributed by atoms with Crippen molar-refractivity contribution in [1.82, 2.24) is 15.0 Å². The zero-order chi connectivity index (χ0) is 12.0. The Labute approximate surface area is 110 Å². The third-order valence-corrected chi connectivity index (χ3v) is 3.31. The topological polar surface area (TPSA) is 44.8 Å². The molecule has 2 aromatic rings. The molecule has 0 spiro atoms. The maximum absolute atomic E-state index is 13.1. The fourth-order valence-corrected chi connectivity index (χ4v) is 2.48. The summed E-state index contributed by atoms with van der Waals surface area (Å²) >= 11 is 2.06. The molecule has 0 amide bonds. The quantitative estimate of drug-likeness (QED) is 0.804. The second-order valence-corrected chi connectivity index (χ2v) is 5.12. The molecule has 0 unspecified atom stereocenters. The fourth-order valence-electron chi connectivity index (χ4n) is 1.96. The van der Waals surface area contributed by atoms with E-state index in [1.807, 2.05) is 6.07 Å². The molecule has 17 heavy (non-hydrogen) atoms. The van der Waals surface area contributed by atoms with Gasteiger partial charge in [-0.1, -0.05) is 0 Å². The van der Waals surface area contributed by atoms with Gasteiger partial charge in [-0.25, -0.2) is 18.7 Å². The van der Waals surface area contributed by atoms with E-state index in [1.165, 1.54) is 0 Å². The van der Waals surface area contributed by atoms with Gasteiger partial charge in [0.25, 0.3) is 5.92 Å². The van der Waals surface area contributed by atoms with Crippen molar-refractivity contribution in [3.05, 3.63) is 16.0 Å². The Hall–Kier alpha value is -0.990. The number of alkyl halides is 2. The number of aromatic nitrogens is 3. The van der Waals surface area contributed by atoms with E-state index in [2.05, 4.69) is 37.5 Å². The van der Waals surface area contributed by atoms with Gasteiger partial charge in [-0.2, -0.15) is 0 Å². The molecule has 0 atom stereocenters. The summed E-state index contributed by atoms with van der Waals surface area (Å²) in [6, 6.07) is 3.57. The van der Waals surface area contributed by atoms with Crippen LogP contribution in [-0.2, 0) is 0 Å². The Kier molecular flexibility index (Phi) is 2.46. The minimum atomic E-state index is -2.60. The van der Waals surface area contributed by atoms with Crippen LogP contribution in [0.4, 0.5) is 14.6 Å². The van der Waals surface area contributed by atoms with Crippen LogP contribution >= 0.6 is 22.6 Å². The van der Waals surface area contributed by atoms with Crippen molar-refractivity contribution in [2.75, 3.05) is 18.0 Å². The van der Waals surface area contributed by atoms with Crippen molar-refractivity contribution < 1.29 is 8.78 Å². The average Bonchev–Trinajstić information content (AvgIpc) is 2.78. The molecule has 2 aromatic heterocycles. The summed E-state index contributed by atoms with van der Waals surface area (Å²) in [6.45, 7) is 0.0834. The van der Waals surface area contributed by atoms with Gasteiger partial charge in [-0.15, -0.1) is 0 Å². The lowest BCUT2D eigenvalue weighted by atomic mass is 10.3. The van der Waals surface area contributed by atoms with Crippen molar-refractivity contribution in [1.29, 1.82) is 0 Å². The number of anilines is 1. The smallest absolute Gasteiger partial charge is 0.266 e. The largest absolute Gasteiger partial charge is 0.350 e. The van der Waals surface area contributed by atoms with Crippen LogP contribution in [0.1, 0.15) is 6.42 Å². The van der Waals surface area contributed by atoms with E-state index in [1.54, 1.807) is 11.0 Å². The molecular formula is C10H9F2IN4. The van der Waals surface area contributed by atoms with Gasteiger partial charge in [-0.05, 0) is 34.7 Å². The van der Waals surface area contributed by atoms with Crippen molar-refractivity contribution in [2.45, 2.75) is 12.3 Å². The van der Waals surface area contributed by atoms with Gasteiger partial charge in [0.1, 0.15) is 5.82 Å². The SMILES string of the molecule is FC1(F)CCN(c2ccc3[nH]c(I)nc3n2)C1. The number of aromatic amines is 1. The highest BCUT2D eigenvalue weighted by Crippen LogP contribution is 2.30. The first-order valence-electron chi connectivity index (χ1n) is 5.19. The van der Waals surface area contributed by atoms with Crippen LogP contribution in [0, 0.1) is 3.83 Å². The molecule has 3 heterocycles. The summed E-state index contributed by atoms with van der Waals surface area (Å²) in [5.41, 5.74) is 1.39. The molecule has 3 rings (SSSR count). The van der Waals surface area contributed by atoms with Gasteiger partial charge in [0, 0.05) is 13.0 Å². The third kappa shape index (κ3) is 2.07. The number of pyridine rings is 1. The summed E-state index contributed by atoms with van der Waals surface area (Å²) in [5, 5.41) is 0. The fraction of sp³-hybridized carbons (Fsp3) is 0.400. The van der Waals surface area contributed by atoms with Gasteiger partial charge >= 0.3 is 0 Å². The second-order valence-electron chi connectivity index (χ2n) is 4.10. The van der Waals surface area contributed by atoms with Crippen molar-refractivity contribution in [2.24, 2.45) is 0 Å². The molecule has 7 heteroatoms. The maximum atomic E-state index is 13.1. The summed E-state index contributed by atoms with van der Waals surface area (Å²) < 4.78 is 27.0. The molecular weight excluding hydrogens is 341 g/mol. The molecule has 1 aliphatic rings. The minimum Gasteiger partial charge on any atom is -0.350 e. The number of nitrogens with one attached hydrogen (secondary N) is 1. The number of imidazole rings is 1. The lowest BCUT2D eigenvalue weighted by Gasteiger charge is -2.16. The van der Waals surface area contributed by atoms with E-state index in [0.29, 0.717) is 18.0 Å². The average molecular weight is 350 g/mol. The van der Waals surface area contributed by atoms with Gasteiger partial charge in [-0.3, -0.25) is 0 Å². The van der Waals surface area contributed by atoms with Gasteiger partial charge in [0.2, 0.25) is 0 Å². The number of hydrogen-bond donors (Lipinski definition) is 1.